The number of methoxy groups -OCH3 is 1. The number of benzene rings is 2. The van der Waals surface area contributed by atoms with Crippen LogP contribution >= 0.6 is 0 Å². The van der Waals surface area contributed by atoms with Crippen LogP contribution in [0.2, 0.25) is 0 Å². The van der Waals surface area contributed by atoms with E-state index in [1.54, 1.807) is 39.5 Å². The monoisotopic (exact) mass is 527 g/mol. The third kappa shape index (κ3) is 5.73. The lowest BCUT2D eigenvalue weighted by atomic mass is 9.99. The number of rotatable bonds is 8. The smallest absolute Gasteiger partial charge is 0.411 e. The van der Waals surface area contributed by atoms with Gasteiger partial charge >= 0.3 is 6.09 Å². The molecular formula is C30H33N5O4. The number of hydrogen-bond donors (Lipinski definition) is 2. The van der Waals surface area contributed by atoms with Gasteiger partial charge in [0, 0.05) is 55.1 Å². The van der Waals surface area contributed by atoms with Crippen LogP contribution in [0.15, 0.2) is 60.9 Å². The van der Waals surface area contributed by atoms with E-state index in [1.807, 2.05) is 42.6 Å². The molecule has 2 amide bonds. The molecule has 0 unspecified atom stereocenters. The maximum absolute atomic E-state index is 13.1. The highest BCUT2D eigenvalue weighted by Gasteiger charge is 2.19. The van der Waals surface area contributed by atoms with Gasteiger partial charge in [-0.25, -0.2) is 9.78 Å². The van der Waals surface area contributed by atoms with Crippen molar-refractivity contribution in [2.75, 3.05) is 52.8 Å². The first-order valence-electron chi connectivity index (χ1n) is 13.1. The van der Waals surface area contributed by atoms with Crippen LogP contribution in [0.5, 0.6) is 5.75 Å². The number of pyridine rings is 1. The molecule has 39 heavy (non-hydrogen) atoms. The van der Waals surface area contributed by atoms with Gasteiger partial charge in [0.2, 0.25) is 0 Å². The Morgan fingerprint density at radius 3 is 2.62 bits per heavy atom. The van der Waals surface area contributed by atoms with Crippen molar-refractivity contribution in [2.24, 2.45) is 0 Å². The fourth-order valence-corrected chi connectivity index (χ4v) is 4.92. The third-order valence-corrected chi connectivity index (χ3v) is 6.99. The van der Waals surface area contributed by atoms with Crippen LogP contribution in [0.3, 0.4) is 0 Å². The number of para-hydroxylation sites is 1. The molecule has 0 radical (unpaired) electrons. The highest BCUT2D eigenvalue weighted by atomic mass is 16.5. The van der Waals surface area contributed by atoms with Crippen LogP contribution in [0.4, 0.5) is 10.5 Å². The molecule has 9 nitrogen and oxygen atoms in total. The van der Waals surface area contributed by atoms with Gasteiger partial charge in [-0.15, -0.1) is 0 Å². The van der Waals surface area contributed by atoms with Crippen LogP contribution in [-0.2, 0) is 4.74 Å². The quantitative estimate of drug-likeness (QED) is 0.325. The zero-order valence-electron chi connectivity index (χ0n) is 22.5. The van der Waals surface area contributed by atoms with Crippen LogP contribution < -0.4 is 10.1 Å². The second-order valence-corrected chi connectivity index (χ2v) is 9.79. The van der Waals surface area contributed by atoms with E-state index in [2.05, 4.69) is 20.2 Å². The summed E-state index contributed by atoms with van der Waals surface area (Å²) in [5.41, 5.74) is 5.08. The van der Waals surface area contributed by atoms with E-state index in [9.17, 15) is 9.59 Å². The summed E-state index contributed by atoms with van der Waals surface area (Å²) in [5.74, 6) is 0.542. The minimum atomic E-state index is -0.577. The number of anilines is 1. The Labute approximate surface area is 227 Å². The Kier molecular flexibility index (Phi) is 7.79. The topological polar surface area (TPSA) is 99.8 Å². The molecule has 9 heteroatoms. The van der Waals surface area contributed by atoms with Gasteiger partial charge in [0.1, 0.15) is 18.0 Å². The van der Waals surface area contributed by atoms with Gasteiger partial charge in [-0.2, -0.15) is 0 Å². The number of fused-ring (bicyclic) bond motifs is 1. The summed E-state index contributed by atoms with van der Waals surface area (Å²) in [6.07, 6.45) is 5.48. The minimum absolute atomic E-state index is 0.227. The largest absolute Gasteiger partial charge is 0.496 e. The number of hydrogen-bond acceptors (Lipinski definition) is 6. The Balaban J connectivity index is 1.42. The fraction of sp³-hybridized carbons (Fsp3) is 0.300. The predicted octanol–water partition coefficient (Wildman–Crippen LogP) is 5.25. The number of aromatic amines is 1. The maximum atomic E-state index is 13.1. The van der Waals surface area contributed by atoms with Crippen LogP contribution in [0, 0.1) is 0 Å². The van der Waals surface area contributed by atoms with E-state index >= 15 is 0 Å². The molecule has 4 aromatic rings. The lowest BCUT2D eigenvalue weighted by Crippen LogP contribution is -2.27. The van der Waals surface area contributed by atoms with E-state index in [0.717, 1.165) is 52.1 Å². The summed E-state index contributed by atoms with van der Waals surface area (Å²) < 4.78 is 11.0. The van der Waals surface area contributed by atoms with E-state index in [0.29, 0.717) is 24.4 Å². The third-order valence-electron chi connectivity index (χ3n) is 6.99. The number of carbonyl (C=O) groups is 2. The molecule has 3 heterocycles. The predicted molar refractivity (Wildman–Crippen MR) is 152 cm³/mol. The maximum Gasteiger partial charge on any atom is 0.411 e. The molecule has 2 N–H and O–H groups in total. The van der Waals surface area contributed by atoms with Gasteiger partial charge in [-0.05, 0) is 55.8 Å². The van der Waals surface area contributed by atoms with Crippen molar-refractivity contribution in [2.45, 2.75) is 12.8 Å². The molecule has 202 valence electrons. The van der Waals surface area contributed by atoms with E-state index < -0.39 is 6.09 Å². The van der Waals surface area contributed by atoms with Gasteiger partial charge < -0.3 is 19.4 Å². The fourth-order valence-electron chi connectivity index (χ4n) is 4.92. The number of nitrogens with zero attached hydrogens (tertiary/aromatic N) is 3. The molecule has 1 saturated heterocycles. The van der Waals surface area contributed by atoms with Crippen LogP contribution in [0.1, 0.15) is 23.2 Å². The molecule has 0 atom stereocenters. The molecule has 2 aromatic carbocycles. The summed E-state index contributed by atoms with van der Waals surface area (Å²) in [6, 6.07) is 15.3. The Morgan fingerprint density at radius 2 is 1.85 bits per heavy atom. The van der Waals surface area contributed by atoms with Crippen molar-refractivity contribution in [1.82, 2.24) is 19.8 Å². The molecule has 0 bridgehead atoms. The Morgan fingerprint density at radius 1 is 1.05 bits per heavy atom. The van der Waals surface area contributed by atoms with Crippen molar-refractivity contribution in [3.8, 4) is 28.0 Å². The number of amides is 2. The lowest BCUT2D eigenvalue weighted by Gasteiger charge is -2.17. The number of nitrogens with one attached hydrogen (secondary N) is 2. The van der Waals surface area contributed by atoms with Crippen molar-refractivity contribution in [1.29, 1.82) is 0 Å². The van der Waals surface area contributed by atoms with Gasteiger partial charge in [0.25, 0.3) is 5.91 Å². The number of H-pyrrole nitrogens is 1. The summed E-state index contributed by atoms with van der Waals surface area (Å²) in [6.45, 7) is 3.09. The number of aromatic nitrogens is 2. The van der Waals surface area contributed by atoms with Crippen LogP contribution in [-0.4, -0.2) is 79.2 Å². The molecule has 1 aliphatic heterocycles. The normalized spacial score (nSPS) is 13.4. The summed E-state index contributed by atoms with van der Waals surface area (Å²) in [5, 5.41) is 3.69. The zero-order valence-corrected chi connectivity index (χ0v) is 22.5. The molecule has 1 aliphatic rings. The van der Waals surface area contributed by atoms with Crippen molar-refractivity contribution < 1.29 is 19.1 Å². The minimum Gasteiger partial charge on any atom is -0.496 e. The summed E-state index contributed by atoms with van der Waals surface area (Å²) in [7, 11) is 5.01. The molecule has 0 spiro atoms. The second-order valence-electron chi connectivity index (χ2n) is 9.79. The zero-order chi connectivity index (χ0) is 27.4. The highest BCUT2D eigenvalue weighted by Crippen LogP contribution is 2.36. The van der Waals surface area contributed by atoms with Crippen molar-refractivity contribution in [3.63, 3.8) is 0 Å². The number of likely N-dealkylation sites (tertiary alicyclic amines) is 1. The van der Waals surface area contributed by atoms with E-state index in [4.69, 9.17) is 9.47 Å². The summed E-state index contributed by atoms with van der Waals surface area (Å²) in [4.78, 5) is 37.2. The molecule has 5 rings (SSSR count). The van der Waals surface area contributed by atoms with Gasteiger partial charge in [0.15, 0.2) is 0 Å². The average Bonchev–Trinajstić information content (AvgIpc) is 3.62. The number of carbonyl (C=O) groups excluding carboxylic acids is 2. The first-order valence-corrected chi connectivity index (χ1v) is 13.1. The van der Waals surface area contributed by atoms with E-state index in [1.165, 1.54) is 17.7 Å². The molecule has 0 aliphatic carbocycles. The number of ether oxygens (including phenoxy) is 2. The summed E-state index contributed by atoms with van der Waals surface area (Å²) >= 11 is 0. The molecular weight excluding hydrogens is 494 g/mol. The van der Waals surface area contributed by atoms with Gasteiger partial charge in [-0.1, -0.05) is 24.3 Å². The average molecular weight is 528 g/mol. The highest BCUT2D eigenvalue weighted by molar-refractivity contribution is 6.04. The SMILES string of the molecule is COc1ccccc1-c1c[nH]c2ncc(-c3ccc(NC(=O)OCCN4CCCC4)c(C(=O)N(C)C)c3)cc12. The van der Waals surface area contributed by atoms with E-state index in [-0.39, 0.29) is 5.91 Å². The first kappa shape index (κ1) is 26.2. The molecule has 0 saturated carbocycles. The van der Waals surface area contributed by atoms with Gasteiger partial charge in [-0.3, -0.25) is 15.0 Å². The Hall–Kier alpha value is -4.37. The van der Waals surface area contributed by atoms with Gasteiger partial charge in [0.05, 0.1) is 18.4 Å². The standard InChI is InChI=1S/C30H33N5O4/c1-34(2)29(36)24-16-20(10-11-26(24)33-30(37)39-15-14-35-12-6-7-13-35)21-17-23-25(19-32-28(23)31-18-21)22-8-4-5-9-27(22)38-3/h4-5,8-11,16-19H,6-7,12-15H2,1-3H3,(H,31,32)(H,33,37). The van der Waals surface area contributed by atoms with Crippen molar-refractivity contribution in [3.05, 3.63) is 66.5 Å². The van der Waals surface area contributed by atoms with Crippen molar-refractivity contribution >= 4 is 28.7 Å². The second kappa shape index (κ2) is 11.6. The molecule has 1 fully saturated rings. The first-order chi connectivity index (χ1) is 18.9. The lowest BCUT2D eigenvalue weighted by molar-refractivity contribution is 0.0828. The Bertz CT molecular complexity index is 1490. The molecule has 2 aromatic heterocycles. The van der Waals surface area contributed by atoms with Crippen LogP contribution in [0.25, 0.3) is 33.3 Å².